The minimum absolute atomic E-state index is 0.166. The molecule has 0 aliphatic carbocycles. The van der Waals surface area contributed by atoms with Gasteiger partial charge in [-0.25, -0.2) is 0 Å². The summed E-state index contributed by atoms with van der Waals surface area (Å²) in [5, 5.41) is 3.37. The van der Waals surface area contributed by atoms with Crippen LogP contribution in [0.1, 0.15) is 29.8 Å². The summed E-state index contributed by atoms with van der Waals surface area (Å²) in [7, 11) is 0. The molecule has 3 heteroatoms. The predicted octanol–water partition coefficient (Wildman–Crippen LogP) is 2.07. The van der Waals surface area contributed by atoms with Gasteiger partial charge in [-0.1, -0.05) is 31.5 Å². The van der Waals surface area contributed by atoms with Gasteiger partial charge in [0.1, 0.15) is 0 Å². The van der Waals surface area contributed by atoms with E-state index in [0.717, 1.165) is 30.8 Å². The molecule has 1 saturated heterocycles. The van der Waals surface area contributed by atoms with Gasteiger partial charge < -0.3 is 10.2 Å². The Morgan fingerprint density at radius 3 is 2.89 bits per heavy atom. The van der Waals surface area contributed by atoms with Crippen molar-refractivity contribution in [3.8, 4) is 0 Å². The number of amides is 1. The van der Waals surface area contributed by atoms with Gasteiger partial charge in [-0.2, -0.15) is 0 Å². The van der Waals surface area contributed by atoms with Gasteiger partial charge in [-0.3, -0.25) is 4.79 Å². The molecule has 0 radical (unpaired) electrons. The molecule has 0 spiro atoms. The molecule has 1 aromatic carbocycles. The van der Waals surface area contributed by atoms with E-state index >= 15 is 0 Å². The Balaban J connectivity index is 2.21. The molecule has 1 fully saturated rings. The topological polar surface area (TPSA) is 32.3 Å². The summed E-state index contributed by atoms with van der Waals surface area (Å²) in [5.41, 5.74) is 1.94. The van der Waals surface area contributed by atoms with Crippen LogP contribution in [-0.2, 0) is 0 Å². The molecule has 1 aromatic rings. The van der Waals surface area contributed by atoms with Crippen molar-refractivity contribution < 1.29 is 4.79 Å². The second kappa shape index (κ2) is 5.53. The number of benzene rings is 1. The van der Waals surface area contributed by atoms with Crippen molar-refractivity contribution in [1.29, 1.82) is 0 Å². The average molecular weight is 246 g/mol. The van der Waals surface area contributed by atoms with Crippen LogP contribution in [0.4, 0.5) is 0 Å². The highest BCUT2D eigenvalue weighted by molar-refractivity contribution is 5.94. The molecule has 1 heterocycles. The second-order valence-electron chi connectivity index (χ2n) is 5.38. The van der Waals surface area contributed by atoms with Gasteiger partial charge in [0.25, 0.3) is 5.91 Å². The molecule has 1 unspecified atom stereocenters. The Hall–Kier alpha value is -1.35. The summed E-state index contributed by atoms with van der Waals surface area (Å²) in [4.78, 5) is 14.6. The number of hydrogen-bond donors (Lipinski definition) is 1. The van der Waals surface area contributed by atoms with Crippen molar-refractivity contribution >= 4 is 5.91 Å². The molecule has 1 amide bonds. The van der Waals surface area contributed by atoms with E-state index in [0.29, 0.717) is 12.0 Å². The molecule has 2 rings (SSSR count). The monoisotopic (exact) mass is 246 g/mol. The van der Waals surface area contributed by atoms with Crippen molar-refractivity contribution in [2.75, 3.05) is 19.6 Å². The number of rotatable bonds is 2. The van der Waals surface area contributed by atoms with Crippen LogP contribution >= 0.6 is 0 Å². The molecule has 1 aliphatic heterocycles. The van der Waals surface area contributed by atoms with Crippen LogP contribution in [0, 0.1) is 12.8 Å². The third-order valence-electron chi connectivity index (χ3n) is 3.58. The first-order valence-corrected chi connectivity index (χ1v) is 6.68. The smallest absolute Gasteiger partial charge is 0.254 e. The summed E-state index contributed by atoms with van der Waals surface area (Å²) in [6, 6.07) is 8.16. The molecule has 3 nitrogen and oxygen atoms in total. The summed E-state index contributed by atoms with van der Waals surface area (Å²) in [6.07, 6.45) is 0. The Labute approximate surface area is 109 Å². The van der Waals surface area contributed by atoms with Gasteiger partial charge in [-0.15, -0.1) is 0 Å². The predicted molar refractivity (Wildman–Crippen MR) is 73.7 cm³/mol. The van der Waals surface area contributed by atoms with Gasteiger partial charge in [0, 0.05) is 31.2 Å². The minimum atomic E-state index is 0.166. The number of hydrogen-bond acceptors (Lipinski definition) is 2. The fraction of sp³-hybridized carbons (Fsp3) is 0.533. The lowest BCUT2D eigenvalue weighted by Gasteiger charge is -2.38. The molecule has 1 N–H and O–H groups in total. The van der Waals surface area contributed by atoms with E-state index in [9.17, 15) is 4.79 Å². The van der Waals surface area contributed by atoms with Crippen LogP contribution in [0.15, 0.2) is 24.3 Å². The first kappa shape index (κ1) is 13.1. The third kappa shape index (κ3) is 2.72. The standard InChI is InChI=1S/C15H22N2O/c1-11(2)14-10-16-7-8-17(14)15(18)13-6-4-5-12(3)9-13/h4-6,9,11,14,16H,7-8,10H2,1-3H3. The minimum Gasteiger partial charge on any atom is -0.333 e. The highest BCUT2D eigenvalue weighted by Crippen LogP contribution is 2.17. The van der Waals surface area contributed by atoms with Crippen LogP contribution in [0.2, 0.25) is 0 Å². The van der Waals surface area contributed by atoms with Crippen LogP contribution in [0.5, 0.6) is 0 Å². The molecule has 98 valence electrons. The van der Waals surface area contributed by atoms with Gasteiger partial charge >= 0.3 is 0 Å². The summed E-state index contributed by atoms with van der Waals surface area (Å²) >= 11 is 0. The molecule has 1 aliphatic rings. The number of piperazine rings is 1. The molecule has 18 heavy (non-hydrogen) atoms. The number of carbonyl (C=O) groups excluding carboxylic acids is 1. The van der Waals surface area contributed by atoms with E-state index in [2.05, 4.69) is 19.2 Å². The highest BCUT2D eigenvalue weighted by atomic mass is 16.2. The molecule has 0 aromatic heterocycles. The van der Waals surface area contributed by atoms with Crippen LogP contribution in [-0.4, -0.2) is 36.5 Å². The molecular weight excluding hydrogens is 224 g/mol. The Bertz CT molecular complexity index is 428. The van der Waals surface area contributed by atoms with Gasteiger partial charge in [0.2, 0.25) is 0 Å². The molecular formula is C15H22N2O. The van der Waals surface area contributed by atoms with E-state index in [1.165, 1.54) is 0 Å². The maximum absolute atomic E-state index is 12.6. The Morgan fingerprint density at radius 1 is 1.44 bits per heavy atom. The summed E-state index contributed by atoms with van der Waals surface area (Å²) in [5.74, 6) is 0.644. The van der Waals surface area contributed by atoms with E-state index in [1.54, 1.807) is 0 Å². The Morgan fingerprint density at radius 2 is 2.22 bits per heavy atom. The quantitative estimate of drug-likeness (QED) is 0.866. The van der Waals surface area contributed by atoms with Crippen LogP contribution < -0.4 is 5.32 Å². The van der Waals surface area contributed by atoms with Gasteiger partial charge in [0.15, 0.2) is 0 Å². The van der Waals surface area contributed by atoms with Crippen molar-refractivity contribution in [2.45, 2.75) is 26.8 Å². The first-order chi connectivity index (χ1) is 8.59. The molecule has 1 atom stereocenters. The van der Waals surface area contributed by atoms with E-state index in [4.69, 9.17) is 0 Å². The largest absolute Gasteiger partial charge is 0.333 e. The zero-order valence-corrected chi connectivity index (χ0v) is 11.4. The second-order valence-corrected chi connectivity index (χ2v) is 5.38. The normalized spacial score (nSPS) is 20.2. The maximum atomic E-state index is 12.6. The zero-order chi connectivity index (χ0) is 13.1. The number of nitrogens with zero attached hydrogens (tertiary/aromatic N) is 1. The maximum Gasteiger partial charge on any atom is 0.254 e. The van der Waals surface area contributed by atoms with Crippen LogP contribution in [0.3, 0.4) is 0 Å². The molecule has 0 saturated carbocycles. The van der Waals surface area contributed by atoms with E-state index < -0.39 is 0 Å². The van der Waals surface area contributed by atoms with Gasteiger partial charge in [0.05, 0.1) is 0 Å². The van der Waals surface area contributed by atoms with Crippen LogP contribution in [0.25, 0.3) is 0 Å². The fourth-order valence-corrected chi connectivity index (χ4v) is 2.52. The number of carbonyl (C=O) groups is 1. The number of aryl methyl sites for hydroxylation is 1. The van der Waals surface area contributed by atoms with Gasteiger partial charge in [-0.05, 0) is 25.0 Å². The number of nitrogens with one attached hydrogen (secondary N) is 1. The average Bonchev–Trinajstić information content (AvgIpc) is 2.38. The SMILES string of the molecule is Cc1cccc(C(=O)N2CCNCC2C(C)C)c1. The summed E-state index contributed by atoms with van der Waals surface area (Å²) < 4.78 is 0. The lowest BCUT2D eigenvalue weighted by atomic mass is 9.99. The molecule has 0 bridgehead atoms. The van der Waals surface area contributed by atoms with Crippen molar-refractivity contribution in [2.24, 2.45) is 5.92 Å². The lowest BCUT2D eigenvalue weighted by molar-refractivity contribution is 0.0573. The van der Waals surface area contributed by atoms with E-state index in [1.807, 2.05) is 36.1 Å². The van der Waals surface area contributed by atoms with Crippen molar-refractivity contribution in [1.82, 2.24) is 10.2 Å². The van der Waals surface area contributed by atoms with E-state index in [-0.39, 0.29) is 5.91 Å². The van der Waals surface area contributed by atoms with Crippen molar-refractivity contribution in [3.05, 3.63) is 35.4 Å². The first-order valence-electron chi connectivity index (χ1n) is 6.68. The highest BCUT2D eigenvalue weighted by Gasteiger charge is 2.29. The summed E-state index contributed by atoms with van der Waals surface area (Å²) in [6.45, 7) is 8.96. The Kier molecular flexibility index (Phi) is 4.02. The third-order valence-corrected chi connectivity index (χ3v) is 3.58. The van der Waals surface area contributed by atoms with Crippen molar-refractivity contribution in [3.63, 3.8) is 0 Å². The lowest BCUT2D eigenvalue weighted by Crippen LogP contribution is -2.55. The zero-order valence-electron chi connectivity index (χ0n) is 11.4. The fourth-order valence-electron chi connectivity index (χ4n) is 2.52.